The van der Waals surface area contributed by atoms with E-state index < -0.39 is 0 Å². The molecule has 0 bridgehead atoms. The van der Waals surface area contributed by atoms with Gasteiger partial charge in [0.1, 0.15) is 0 Å². The number of ether oxygens (including phenoxy) is 1. The second kappa shape index (κ2) is 12.2. The zero-order chi connectivity index (χ0) is 22.1. The quantitative estimate of drug-likeness (QED) is 0.458. The Labute approximate surface area is 191 Å². The van der Waals surface area contributed by atoms with Crippen LogP contribution in [0.2, 0.25) is 0 Å². The lowest BCUT2D eigenvalue weighted by Crippen LogP contribution is -2.44. The maximum Gasteiger partial charge on any atom is 0.191 e. The van der Waals surface area contributed by atoms with Gasteiger partial charge in [0.15, 0.2) is 5.96 Å². The van der Waals surface area contributed by atoms with Gasteiger partial charge in [-0.15, -0.1) is 11.3 Å². The molecule has 3 rings (SSSR count). The van der Waals surface area contributed by atoms with Crippen molar-refractivity contribution < 1.29 is 4.74 Å². The van der Waals surface area contributed by atoms with Crippen molar-refractivity contribution in [3.05, 3.63) is 51.5 Å². The molecule has 31 heavy (non-hydrogen) atoms. The zero-order valence-electron chi connectivity index (χ0n) is 19.4. The maximum atomic E-state index is 5.84. The van der Waals surface area contributed by atoms with E-state index in [4.69, 9.17) is 9.73 Å². The fourth-order valence-electron chi connectivity index (χ4n) is 3.85. The summed E-state index contributed by atoms with van der Waals surface area (Å²) in [6, 6.07) is 8.84. The highest BCUT2D eigenvalue weighted by atomic mass is 32.1. The molecule has 1 aromatic carbocycles. The van der Waals surface area contributed by atoms with Crippen LogP contribution in [-0.4, -0.2) is 54.2 Å². The van der Waals surface area contributed by atoms with E-state index in [0.717, 1.165) is 51.5 Å². The Morgan fingerprint density at radius 2 is 1.84 bits per heavy atom. The minimum Gasteiger partial charge on any atom is -0.373 e. The number of thiazole rings is 1. The monoisotopic (exact) mass is 443 g/mol. The van der Waals surface area contributed by atoms with Crippen LogP contribution < -0.4 is 10.6 Å². The fraction of sp³-hybridized carbons (Fsp3) is 0.583. The summed E-state index contributed by atoms with van der Waals surface area (Å²) in [5, 5.41) is 7.94. The molecule has 170 valence electrons. The van der Waals surface area contributed by atoms with Crippen LogP contribution >= 0.6 is 11.3 Å². The van der Waals surface area contributed by atoms with Gasteiger partial charge in [0.25, 0.3) is 0 Å². The molecule has 6 nitrogen and oxygen atoms in total. The average molecular weight is 444 g/mol. The molecule has 2 unspecified atom stereocenters. The summed E-state index contributed by atoms with van der Waals surface area (Å²) in [7, 11) is 0. The van der Waals surface area contributed by atoms with Gasteiger partial charge in [-0.3, -0.25) is 4.90 Å². The first-order valence-corrected chi connectivity index (χ1v) is 12.3. The van der Waals surface area contributed by atoms with Crippen LogP contribution in [0.25, 0.3) is 0 Å². The van der Waals surface area contributed by atoms with E-state index in [1.165, 1.54) is 21.0 Å². The third-order valence-corrected chi connectivity index (χ3v) is 6.47. The van der Waals surface area contributed by atoms with Gasteiger partial charge in [-0.25, -0.2) is 9.98 Å². The highest BCUT2D eigenvalue weighted by Gasteiger charge is 2.21. The molecule has 2 aromatic rings. The second-order valence-electron chi connectivity index (χ2n) is 8.21. The first-order valence-electron chi connectivity index (χ1n) is 11.5. The maximum absolute atomic E-state index is 5.84. The van der Waals surface area contributed by atoms with Crippen LogP contribution in [0, 0.1) is 0 Å². The smallest absolute Gasteiger partial charge is 0.191 e. The van der Waals surface area contributed by atoms with Gasteiger partial charge in [0.05, 0.1) is 23.8 Å². The van der Waals surface area contributed by atoms with Gasteiger partial charge in [-0.2, -0.15) is 0 Å². The van der Waals surface area contributed by atoms with E-state index in [1.54, 1.807) is 11.3 Å². The summed E-state index contributed by atoms with van der Waals surface area (Å²) in [4.78, 5) is 13.1. The minimum atomic E-state index is 0.304. The Bertz CT molecular complexity index is 810. The third kappa shape index (κ3) is 7.91. The number of nitrogens with one attached hydrogen (secondary N) is 2. The lowest BCUT2D eigenvalue weighted by atomic mass is 10.1. The number of guanidine groups is 1. The average Bonchev–Trinajstić information content (AvgIpc) is 3.20. The number of aryl methyl sites for hydroxylation is 1. The molecule has 1 aromatic heterocycles. The summed E-state index contributed by atoms with van der Waals surface area (Å²) in [5.41, 5.74) is 2.56. The van der Waals surface area contributed by atoms with Gasteiger partial charge in [-0.05, 0) is 38.3 Å². The van der Waals surface area contributed by atoms with Crippen LogP contribution in [-0.2, 0) is 30.7 Å². The number of rotatable bonds is 9. The molecule has 1 fully saturated rings. The van der Waals surface area contributed by atoms with Crippen LogP contribution in [0.1, 0.15) is 48.7 Å². The molecule has 0 spiro atoms. The molecule has 2 atom stereocenters. The van der Waals surface area contributed by atoms with Crippen molar-refractivity contribution in [3.63, 3.8) is 0 Å². The van der Waals surface area contributed by atoms with E-state index >= 15 is 0 Å². The molecule has 0 radical (unpaired) electrons. The number of hydrogen-bond donors (Lipinski definition) is 2. The Morgan fingerprint density at radius 3 is 2.48 bits per heavy atom. The van der Waals surface area contributed by atoms with E-state index in [1.807, 2.05) is 6.20 Å². The topological polar surface area (TPSA) is 61.8 Å². The van der Waals surface area contributed by atoms with Crippen molar-refractivity contribution in [1.29, 1.82) is 0 Å². The third-order valence-electron chi connectivity index (χ3n) is 5.27. The Hall–Kier alpha value is -1.96. The number of aliphatic imine (C=N–C) groups is 1. The number of benzene rings is 1. The fourth-order valence-corrected chi connectivity index (χ4v) is 4.71. The second-order valence-corrected chi connectivity index (χ2v) is 9.41. The Morgan fingerprint density at radius 1 is 1.13 bits per heavy atom. The van der Waals surface area contributed by atoms with Crippen LogP contribution in [0.4, 0.5) is 0 Å². The molecule has 2 N–H and O–H groups in total. The number of morpholine rings is 1. The lowest BCUT2D eigenvalue weighted by molar-refractivity contribution is -0.0704. The summed E-state index contributed by atoms with van der Waals surface area (Å²) in [6.45, 7) is 13.9. The van der Waals surface area contributed by atoms with Gasteiger partial charge < -0.3 is 15.4 Å². The number of nitrogens with zero attached hydrogens (tertiary/aromatic N) is 3. The van der Waals surface area contributed by atoms with Gasteiger partial charge in [0, 0.05) is 50.2 Å². The van der Waals surface area contributed by atoms with Crippen LogP contribution in [0.3, 0.4) is 0 Å². The molecule has 2 heterocycles. The zero-order valence-corrected chi connectivity index (χ0v) is 20.2. The molecule has 1 saturated heterocycles. The normalized spacial score (nSPS) is 20.1. The van der Waals surface area contributed by atoms with E-state index in [-0.39, 0.29) is 0 Å². The predicted molar refractivity (Wildman–Crippen MR) is 130 cm³/mol. The molecular formula is C24H37N5OS. The molecule has 7 heteroatoms. The highest BCUT2D eigenvalue weighted by Crippen LogP contribution is 2.15. The molecule has 0 saturated carbocycles. The van der Waals surface area contributed by atoms with Gasteiger partial charge in [-0.1, -0.05) is 31.2 Å². The molecular weight excluding hydrogens is 406 g/mol. The van der Waals surface area contributed by atoms with Gasteiger partial charge in [0.2, 0.25) is 0 Å². The predicted octanol–water partition coefficient (Wildman–Crippen LogP) is 3.61. The van der Waals surface area contributed by atoms with Crippen molar-refractivity contribution in [2.24, 2.45) is 4.99 Å². The summed E-state index contributed by atoms with van der Waals surface area (Å²) in [5.74, 6) is 0.857. The molecule has 1 aliphatic heterocycles. The standard InChI is InChI=1S/C24H37N5OS/c1-5-22-14-27-23(31-22)11-12-26-24(25-6-2)28-13-20-7-9-21(10-8-20)17-29-15-18(3)30-19(4)16-29/h7-10,14,18-19H,5-6,11-13,15-17H2,1-4H3,(H2,25,26,28). The van der Waals surface area contributed by atoms with E-state index in [2.05, 4.69) is 72.5 Å². The SMILES string of the molecule is CCNC(=NCc1ccc(CN2CC(C)OC(C)C2)cc1)NCCc1ncc(CC)s1. The Balaban J connectivity index is 1.48. The largest absolute Gasteiger partial charge is 0.373 e. The first kappa shape index (κ1) is 23.7. The van der Waals surface area contributed by atoms with E-state index in [0.29, 0.717) is 18.8 Å². The van der Waals surface area contributed by atoms with E-state index in [9.17, 15) is 0 Å². The van der Waals surface area contributed by atoms with Crippen molar-refractivity contribution in [2.75, 3.05) is 26.2 Å². The van der Waals surface area contributed by atoms with Crippen LogP contribution in [0.5, 0.6) is 0 Å². The highest BCUT2D eigenvalue weighted by molar-refractivity contribution is 7.11. The van der Waals surface area contributed by atoms with Crippen molar-refractivity contribution in [2.45, 2.75) is 65.8 Å². The lowest BCUT2D eigenvalue weighted by Gasteiger charge is -2.35. The summed E-state index contributed by atoms with van der Waals surface area (Å²) < 4.78 is 5.84. The van der Waals surface area contributed by atoms with Crippen LogP contribution in [0.15, 0.2) is 35.5 Å². The number of aromatic nitrogens is 1. The van der Waals surface area contributed by atoms with Crippen molar-refractivity contribution in [3.8, 4) is 0 Å². The Kier molecular flexibility index (Phi) is 9.31. The molecule has 1 aliphatic rings. The summed E-state index contributed by atoms with van der Waals surface area (Å²) >= 11 is 1.80. The van der Waals surface area contributed by atoms with Crippen molar-refractivity contribution in [1.82, 2.24) is 20.5 Å². The number of hydrogen-bond acceptors (Lipinski definition) is 5. The molecule has 0 amide bonds. The van der Waals surface area contributed by atoms with Gasteiger partial charge >= 0.3 is 0 Å². The first-order chi connectivity index (χ1) is 15.1. The van der Waals surface area contributed by atoms with Crippen molar-refractivity contribution >= 4 is 17.3 Å². The summed E-state index contributed by atoms with van der Waals surface area (Å²) in [6.07, 6.45) is 4.57. The molecule has 0 aliphatic carbocycles. The minimum absolute atomic E-state index is 0.304.